The van der Waals surface area contributed by atoms with E-state index in [-0.39, 0.29) is 11.9 Å². The van der Waals surface area contributed by atoms with Crippen LogP contribution in [0.1, 0.15) is 39.5 Å². The summed E-state index contributed by atoms with van der Waals surface area (Å²) in [5, 5.41) is 3.22. The number of hydrogen-bond donors (Lipinski definition) is 1. The first kappa shape index (κ1) is 13.2. The predicted molar refractivity (Wildman–Crippen MR) is 67.3 cm³/mol. The second kappa shape index (κ2) is 6.69. The molecule has 0 aromatic heterocycles. The summed E-state index contributed by atoms with van der Waals surface area (Å²) in [5.74, 6) is 0.176. The predicted octanol–water partition coefficient (Wildman–Crippen LogP) is 1.94. The first-order chi connectivity index (χ1) is 7.61. The third-order valence-electron chi connectivity index (χ3n) is 3.20. The molecule has 3 nitrogen and oxygen atoms in total. The molecule has 1 aliphatic rings. The largest absolute Gasteiger partial charge is 0.342 e. The van der Waals surface area contributed by atoms with Crippen LogP contribution in [-0.4, -0.2) is 37.0 Å². The molecule has 0 aromatic rings. The third-order valence-corrected chi connectivity index (χ3v) is 3.20. The second-order valence-corrected chi connectivity index (χ2v) is 4.78. The van der Waals surface area contributed by atoms with E-state index in [0.717, 1.165) is 13.0 Å². The lowest BCUT2D eigenvalue weighted by molar-refractivity contribution is -0.130. The highest BCUT2D eigenvalue weighted by Gasteiger charge is 2.11. The van der Waals surface area contributed by atoms with E-state index in [1.807, 2.05) is 20.9 Å². The van der Waals surface area contributed by atoms with Gasteiger partial charge < -0.3 is 10.2 Å². The molecule has 0 heterocycles. The molecular formula is C13H24N2O. The van der Waals surface area contributed by atoms with Crippen LogP contribution in [0.4, 0.5) is 0 Å². The van der Waals surface area contributed by atoms with Crippen LogP contribution in [0.2, 0.25) is 0 Å². The van der Waals surface area contributed by atoms with Gasteiger partial charge in [0.1, 0.15) is 0 Å². The summed E-state index contributed by atoms with van der Waals surface area (Å²) in [6.07, 6.45) is 7.23. The first-order valence-electron chi connectivity index (χ1n) is 6.25. The Kier molecular flexibility index (Phi) is 5.53. The van der Waals surface area contributed by atoms with E-state index in [2.05, 4.69) is 11.4 Å². The van der Waals surface area contributed by atoms with E-state index >= 15 is 0 Å². The highest BCUT2D eigenvalue weighted by atomic mass is 16.2. The number of nitrogens with one attached hydrogen (secondary N) is 1. The van der Waals surface area contributed by atoms with Crippen LogP contribution in [0.25, 0.3) is 0 Å². The highest BCUT2D eigenvalue weighted by Crippen LogP contribution is 2.19. The smallest absolute Gasteiger partial charge is 0.236 e. The summed E-state index contributed by atoms with van der Waals surface area (Å²) < 4.78 is 0. The standard InChI is InChI=1S/C13H24N2O/c1-11(2)15(3)13(16)10-14-9-8-12-6-4-5-7-12/h6,11,14H,4-5,7-10H2,1-3H3. The third kappa shape index (κ3) is 4.35. The first-order valence-corrected chi connectivity index (χ1v) is 6.25. The zero-order valence-corrected chi connectivity index (χ0v) is 10.8. The summed E-state index contributed by atoms with van der Waals surface area (Å²) in [4.78, 5) is 13.4. The maximum atomic E-state index is 11.6. The lowest BCUT2D eigenvalue weighted by Gasteiger charge is -2.21. The van der Waals surface area contributed by atoms with Gasteiger partial charge in [-0.1, -0.05) is 11.6 Å². The molecule has 0 radical (unpaired) electrons. The van der Waals surface area contributed by atoms with E-state index in [0.29, 0.717) is 6.54 Å². The van der Waals surface area contributed by atoms with Crippen molar-refractivity contribution in [2.45, 2.75) is 45.6 Å². The van der Waals surface area contributed by atoms with Gasteiger partial charge in [0.2, 0.25) is 5.91 Å². The van der Waals surface area contributed by atoms with Crippen molar-refractivity contribution in [2.24, 2.45) is 0 Å². The molecule has 0 aromatic carbocycles. The van der Waals surface area contributed by atoms with Crippen LogP contribution < -0.4 is 5.32 Å². The number of rotatable bonds is 6. The van der Waals surface area contributed by atoms with Crippen molar-refractivity contribution in [3.63, 3.8) is 0 Å². The van der Waals surface area contributed by atoms with Crippen molar-refractivity contribution in [2.75, 3.05) is 20.1 Å². The van der Waals surface area contributed by atoms with Gasteiger partial charge in [-0.15, -0.1) is 0 Å². The number of carbonyl (C=O) groups is 1. The fourth-order valence-electron chi connectivity index (χ4n) is 1.82. The van der Waals surface area contributed by atoms with Crippen LogP contribution in [0.3, 0.4) is 0 Å². The number of amides is 1. The monoisotopic (exact) mass is 224 g/mol. The number of hydrogen-bond acceptors (Lipinski definition) is 2. The molecule has 0 fully saturated rings. The van der Waals surface area contributed by atoms with Gasteiger partial charge >= 0.3 is 0 Å². The van der Waals surface area contributed by atoms with Gasteiger partial charge in [-0.05, 0) is 46.1 Å². The summed E-state index contributed by atoms with van der Waals surface area (Å²) in [6.45, 7) is 5.44. The lowest BCUT2D eigenvalue weighted by atomic mass is 10.2. The number of likely N-dealkylation sites (N-methyl/N-ethyl adjacent to an activating group) is 1. The van der Waals surface area contributed by atoms with Gasteiger partial charge in [0.05, 0.1) is 6.54 Å². The van der Waals surface area contributed by atoms with E-state index in [9.17, 15) is 4.79 Å². The van der Waals surface area contributed by atoms with Crippen LogP contribution >= 0.6 is 0 Å². The van der Waals surface area contributed by atoms with Crippen molar-refractivity contribution in [1.29, 1.82) is 0 Å². The molecule has 0 unspecified atom stereocenters. The molecular weight excluding hydrogens is 200 g/mol. The molecule has 0 spiro atoms. The second-order valence-electron chi connectivity index (χ2n) is 4.78. The fraction of sp³-hybridized carbons (Fsp3) is 0.769. The van der Waals surface area contributed by atoms with Crippen molar-refractivity contribution in [3.05, 3.63) is 11.6 Å². The maximum absolute atomic E-state index is 11.6. The minimum Gasteiger partial charge on any atom is -0.342 e. The van der Waals surface area contributed by atoms with Crippen molar-refractivity contribution in [1.82, 2.24) is 10.2 Å². The van der Waals surface area contributed by atoms with E-state index in [1.165, 1.54) is 19.3 Å². The summed E-state index contributed by atoms with van der Waals surface area (Å²) in [7, 11) is 1.86. The Morgan fingerprint density at radius 2 is 2.31 bits per heavy atom. The zero-order chi connectivity index (χ0) is 12.0. The molecule has 1 aliphatic carbocycles. The Balaban J connectivity index is 2.08. The molecule has 16 heavy (non-hydrogen) atoms. The van der Waals surface area contributed by atoms with Gasteiger partial charge in [0.25, 0.3) is 0 Å². The van der Waals surface area contributed by atoms with Crippen LogP contribution in [0, 0.1) is 0 Å². The Labute approximate surface area is 98.9 Å². The molecule has 1 amide bonds. The average Bonchev–Trinajstić information content (AvgIpc) is 2.75. The fourth-order valence-corrected chi connectivity index (χ4v) is 1.82. The van der Waals surface area contributed by atoms with Crippen molar-refractivity contribution in [3.8, 4) is 0 Å². The Hall–Kier alpha value is -0.830. The van der Waals surface area contributed by atoms with Gasteiger partial charge in [-0.2, -0.15) is 0 Å². The molecule has 0 aliphatic heterocycles. The molecule has 0 bridgehead atoms. The SMILES string of the molecule is CC(C)N(C)C(=O)CNCCC1=CCCC1. The number of allylic oxidation sites excluding steroid dienone is 1. The summed E-state index contributed by atoms with van der Waals surface area (Å²) in [5.41, 5.74) is 1.55. The number of nitrogens with zero attached hydrogens (tertiary/aromatic N) is 1. The van der Waals surface area contributed by atoms with Gasteiger partial charge in [0.15, 0.2) is 0 Å². The van der Waals surface area contributed by atoms with E-state index in [4.69, 9.17) is 0 Å². The van der Waals surface area contributed by atoms with Crippen LogP contribution in [-0.2, 0) is 4.79 Å². The minimum atomic E-state index is 0.176. The van der Waals surface area contributed by atoms with Gasteiger partial charge in [0, 0.05) is 13.1 Å². The van der Waals surface area contributed by atoms with Crippen molar-refractivity contribution < 1.29 is 4.79 Å². The van der Waals surface area contributed by atoms with Crippen LogP contribution in [0.5, 0.6) is 0 Å². The molecule has 0 atom stereocenters. The summed E-state index contributed by atoms with van der Waals surface area (Å²) >= 11 is 0. The van der Waals surface area contributed by atoms with Crippen LogP contribution in [0.15, 0.2) is 11.6 Å². The molecule has 0 saturated heterocycles. The molecule has 1 N–H and O–H groups in total. The molecule has 3 heteroatoms. The normalized spacial score (nSPS) is 15.4. The molecule has 1 rings (SSSR count). The van der Waals surface area contributed by atoms with Crippen molar-refractivity contribution >= 4 is 5.91 Å². The van der Waals surface area contributed by atoms with E-state index in [1.54, 1.807) is 10.5 Å². The lowest BCUT2D eigenvalue weighted by Crippen LogP contribution is -2.39. The minimum absolute atomic E-state index is 0.176. The zero-order valence-electron chi connectivity index (χ0n) is 10.8. The summed E-state index contributed by atoms with van der Waals surface area (Å²) in [6, 6.07) is 0.284. The Morgan fingerprint density at radius 1 is 1.56 bits per heavy atom. The maximum Gasteiger partial charge on any atom is 0.236 e. The average molecular weight is 224 g/mol. The van der Waals surface area contributed by atoms with E-state index < -0.39 is 0 Å². The Morgan fingerprint density at radius 3 is 2.88 bits per heavy atom. The van der Waals surface area contributed by atoms with Gasteiger partial charge in [-0.3, -0.25) is 4.79 Å². The molecule has 92 valence electrons. The van der Waals surface area contributed by atoms with Gasteiger partial charge in [-0.25, -0.2) is 0 Å². The quantitative estimate of drug-likeness (QED) is 0.552. The number of carbonyl (C=O) groups excluding carboxylic acids is 1. The molecule has 0 saturated carbocycles. The highest BCUT2D eigenvalue weighted by molar-refractivity contribution is 5.78. The topological polar surface area (TPSA) is 32.3 Å². The Bertz CT molecular complexity index is 259.